The molecule has 3 aromatic rings. The summed E-state index contributed by atoms with van der Waals surface area (Å²) in [5.74, 6) is -0.564. The molecule has 6 nitrogen and oxygen atoms in total. The van der Waals surface area contributed by atoms with Crippen molar-refractivity contribution < 1.29 is 27.1 Å². The van der Waals surface area contributed by atoms with Crippen LogP contribution in [-0.4, -0.2) is 28.5 Å². The van der Waals surface area contributed by atoms with Crippen molar-refractivity contribution in [2.75, 3.05) is 18.5 Å². The number of nitrogens with zero attached hydrogens (tertiary/aromatic N) is 1. The smallest absolute Gasteiger partial charge is 0.338 e. The summed E-state index contributed by atoms with van der Waals surface area (Å²) < 4.78 is 50.3. The van der Waals surface area contributed by atoms with Crippen molar-refractivity contribution in [1.29, 1.82) is 0 Å². The Morgan fingerprint density at radius 1 is 0.967 bits per heavy atom. The fourth-order valence-corrected chi connectivity index (χ4v) is 3.96. The third kappa shape index (κ3) is 4.60. The molecule has 0 saturated heterocycles. The molecular formula is C22H20FNO5S. The van der Waals surface area contributed by atoms with Gasteiger partial charge in [-0.15, -0.1) is 0 Å². The predicted molar refractivity (Wildman–Crippen MR) is 111 cm³/mol. The number of sulfonamides is 1. The molecule has 8 heteroatoms. The van der Waals surface area contributed by atoms with E-state index in [9.17, 15) is 17.6 Å². The number of ether oxygens (including phenoxy) is 2. The average molecular weight is 429 g/mol. The zero-order valence-corrected chi connectivity index (χ0v) is 17.2. The molecule has 0 aromatic heterocycles. The maximum atomic E-state index is 12.9. The van der Waals surface area contributed by atoms with Crippen molar-refractivity contribution in [3.05, 3.63) is 89.7 Å². The number of hydrogen-bond acceptors (Lipinski definition) is 5. The molecule has 0 saturated carbocycles. The van der Waals surface area contributed by atoms with Gasteiger partial charge in [-0.25, -0.2) is 17.6 Å². The van der Waals surface area contributed by atoms with Gasteiger partial charge < -0.3 is 9.47 Å². The quantitative estimate of drug-likeness (QED) is 0.531. The number of esters is 1. The third-order valence-corrected chi connectivity index (χ3v) is 6.24. The summed E-state index contributed by atoms with van der Waals surface area (Å²) >= 11 is 0. The molecule has 156 valence electrons. The van der Waals surface area contributed by atoms with Crippen LogP contribution < -0.4 is 9.04 Å². The van der Waals surface area contributed by atoms with Gasteiger partial charge in [0.2, 0.25) is 0 Å². The number of rotatable bonds is 7. The van der Waals surface area contributed by atoms with Gasteiger partial charge in [0.15, 0.2) is 0 Å². The molecule has 0 fully saturated rings. The first-order valence-corrected chi connectivity index (χ1v) is 10.4. The molecule has 30 heavy (non-hydrogen) atoms. The van der Waals surface area contributed by atoms with Crippen molar-refractivity contribution in [3.8, 4) is 5.75 Å². The van der Waals surface area contributed by atoms with E-state index in [4.69, 9.17) is 9.47 Å². The Bertz CT molecular complexity index is 1130. The van der Waals surface area contributed by atoms with Crippen LogP contribution in [0.25, 0.3) is 0 Å². The van der Waals surface area contributed by atoms with Crippen LogP contribution in [0.15, 0.2) is 77.7 Å². The van der Waals surface area contributed by atoms with Crippen molar-refractivity contribution in [1.82, 2.24) is 0 Å². The van der Waals surface area contributed by atoms with Crippen molar-refractivity contribution in [2.24, 2.45) is 0 Å². The molecule has 0 atom stereocenters. The fraction of sp³-hybridized carbons (Fsp3) is 0.136. The maximum absolute atomic E-state index is 12.9. The highest BCUT2D eigenvalue weighted by atomic mass is 32.2. The lowest BCUT2D eigenvalue weighted by Gasteiger charge is -2.21. The van der Waals surface area contributed by atoms with Gasteiger partial charge in [0, 0.05) is 7.05 Å². The first kappa shape index (κ1) is 21.3. The van der Waals surface area contributed by atoms with Gasteiger partial charge in [-0.2, -0.15) is 0 Å². The molecule has 0 heterocycles. The third-order valence-electron chi connectivity index (χ3n) is 4.46. The minimum atomic E-state index is -3.86. The normalized spacial score (nSPS) is 11.0. The second kappa shape index (κ2) is 8.96. The Morgan fingerprint density at radius 2 is 1.60 bits per heavy atom. The molecule has 3 rings (SSSR count). The number of anilines is 1. The van der Waals surface area contributed by atoms with Crippen LogP contribution in [0.4, 0.5) is 10.1 Å². The van der Waals surface area contributed by atoms with E-state index in [1.54, 1.807) is 24.3 Å². The molecule has 0 bridgehead atoms. The Labute approximate surface area is 174 Å². The van der Waals surface area contributed by atoms with Crippen molar-refractivity contribution >= 4 is 21.7 Å². The number of hydrogen-bond donors (Lipinski definition) is 0. The number of methoxy groups -OCH3 is 1. The topological polar surface area (TPSA) is 72.9 Å². The second-order valence-corrected chi connectivity index (χ2v) is 8.34. The Balaban J connectivity index is 1.73. The molecule has 0 unspecified atom stereocenters. The van der Waals surface area contributed by atoms with E-state index in [2.05, 4.69) is 0 Å². The van der Waals surface area contributed by atoms with Crippen molar-refractivity contribution in [3.63, 3.8) is 0 Å². The summed E-state index contributed by atoms with van der Waals surface area (Å²) in [5.41, 5.74) is 1.24. The van der Waals surface area contributed by atoms with Crippen LogP contribution in [0, 0.1) is 5.82 Å². The van der Waals surface area contributed by atoms with Crippen LogP contribution in [0.2, 0.25) is 0 Å². The zero-order chi connectivity index (χ0) is 21.7. The summed E-state index contributed by atoms with van der Waals surface area (Å²) in [6, 6.07) is 17.8. The van der Waals surface area contributed by atoms with Gasteiger partial charge in [-0.3, -0.25) is 4.31 Å². The van der Waals surface area contributed by atoms with Gasteiger partial charge in [-0.05, 0) is 54.1 Å². The highest BCUT2D eigenvalue weighted by Crippen LogP contribution is 2.30. The summed E-state index contributed by atoms with van der Waals surface area (Å²) in [6.07, 6.45) is 0. The number of halogens is 1. The molecule has 3 aromatic carbocycles. The summed E-state index contributed by atoms with van der Waals surface area (Å²) in [4.78, 5) is 12.2. The van der Waals surface area contributed by atoms with Crippen LogP contribution in [-0.2, 0) is 21.4 Å². The van der Waals surface area contributed by atoms with Gasteiger partial charge in [0.25, 0.3) is 10.0 Å². The molecule has 0 amide bonds. The van der Waals surface area contributed by atoms with Crippen LogP contribution in [0.3, 0.4) is 0 Å². The van der Waals surface area contributed by atoms with E-state index in [0.29, 0.717) is 17.0 Å². The van der Waals surface area contributed by atoms with Gasteiger partial charge in [0.05, 0.1) is 23.3 Å². The minimum Gasteiger partial charge on any atom is -0.495 e. The predicted octanol–water partition coefficient (Wildman–Crippen LogP) is 4.02. The molecule has 0 radical (unpaired) electrons. The molecule has 0 aliphatic carbocycles. The van der Waals surface area contributed by atoms with E-state index < -0.39 is 16.0 Å². The monoisotopic (exact) mass is 429 g/mol. The fourth-order valence-electron chi connectivity index (χ4n) is 2.75. The number of benzene rings is 3. The van der Waals surface area contributed by atoms with Gasteiger partial charge >= 0.3 is 5.97 Å². The molecule has 0 aliphatic heterocycles. The second-order valence-electron chi connectivity index (χ2n) is 6.37. The Hall–Kier alpha value is -3.39. The first-order chi connectivity index (χ1) is 14.3. The van der Waals surface area contributed by atoms with E-state index in [1.807, 2.05) is 0 Å². The molecular weight excluding hydrogens is 409 g/mol. The lowest BCUT2D eigenvalue weighted by Crippen LogP contribution is -2.27. The van der Waals surface area contributed by atoms with E-state index in [0.717, 1.165) is 4.31 Å². The largest absolute Gasteiger partial charge is 0.495 e. The summed E-state index contributed by atoms with van der Waals surface area (Å²) in [6.45, 7) is -0.0182. The van der Waals surface area contributed by atoms with E-state index >= 15 is 0 Å². The molecule has 0 spiro atoms. The maximum Gasteiger partial charge on any atom is 0.338 e. The number of carbonyl (C=O) groups is 1. The Kier molecular flexibility index (Phi) is 6.37. The summed E-state index contributed by atoms with van der Waals surface area (Å²) in [5, 5.41) is 0. The van der Waals surface area contributed by atoms with Crippen LogP contribution in [0.5, 0.6) is 5.75 Å². The van der Waals surface area contributed by atoms with Crippen LogP contribution in [0.1, 0.15) is 15.9 Å². The number of para-hydroxylation sites is 2. The van der Waals surface area contributed by atoms with Gasteiger partial charge in [0.1, 0.15) is 18.2 Å². The highest BCUT2D eigenvalue weighted by Gasteiger charge is 2.24. The molecule has 0 N–H and O–H groups in total. The van der Waals surface area contributed by atoms with Crippen molar-refractivity contribution in [2.45, 2.75) is 11.5 Å². The minimum absolute atomic E-state index is 0.0182. The standard InChI is InChI=1S/C22H20FNO5S/c1-24(20-5-3-4-6-21(20)28-2)30(26,27)19-13-9-17(10-14-19)22(25)29-15-16-7-11-18(23)12-8-16/h3-14H,15H2,1-2H3. The van der Waals surface area contributed by atoms with Gasteiger partial charge in [-0.1, -0.05) is 24.3 Å². The number of carbonyl (C=O) groups excluding carboxylic acids is 1. The first-order valence-electron chi connectivity index (χ1n) is 8.96. The Morgan fingerprint density at radius 3 is 2.23 bits per heavy atom. The highest BCUT2D eigenvalue weighted by molar-refractivity contribution is 7.92. The lowest BCUT2D eigenvalue weighted by atomic mass is 10.2. The average Bonchev–Trinajstić information content (AvgIpc) is 2.78. The summed E-state index contributed by atoms with van der Waals surface area (Å²) in [7, 11) is -0.968. The zero-order valence-electron chi connectivity index (χ0n) is 16.4. The molecule has 0 aliphatic rings. The van der Waals surface area contributed by atoms with Crippen LogP contribution >= 0.6 is 0 Å². The van der Waals surface area contributed by atoms with E-state index in [1.165, 1.54) is 62.7 Å². The van der Waals surface area contributed by atoms with E-state index in [-0.39, 0.29) is 22.9 Å². The SMILES string of the molecule is COc1ccccc1N(C)S(=O)(=O)c1ccc(C(=O)OCc2ccc(F)cc2)cc1. The lowest BCUT2D eigenvalue weighted by molar-refractivity contribution is 0.0472.